The Balaban J connectivity index is 2.22. The fourth-order valence-electron chi connectivity index (χ4n) is 1.71. The highest BCUT2D eigenvalue weighted by molar-refractivity contribution is 7.08. The van der Waals surface area contributed by atoms with Gasteiger partial charge in [-0.3, -0.25) is 4.79 Å². The van der Waals surface area contributed by atoms with Crippen LogP contribution < -0.4 is 4.87 Å². The van der Waals surface area contributed by atoms with E-state index in [-0.39, 0.29) is 10.3 Å². The van der Waals surface area contributed by atoms with Gasteiger partial charge < -0.3 is 0 Å². The van der Waals surface area contributed by atoms with Gasteiger partial charge in [0.05, 0.1) is 18.0 Å². The second-order valence-corrected chi connectivity index (χ2v) is 4.93. The first-order chi connectivity index (χ1) is 6.65. The SMILES string of the molecule is Cc1nn(CC2(C#N)CCC2)c(=O)s1. The molecule has 0 spiro atoms. The summed E-state index contributed by atoms with van der Waals surface area (Å²) in [6.07, 6.45) is 2.88. The Bertz CT molecular complexity index is 436. The zero-order chi connectivity index (χ0) is 10.2. The van der Waals surface area contributed by atoms with Crippen LogP contribution in [0.5, 0.6) is 0 Å². The van der Waals surface area contributed by atoms with Gasteiger partial charge in [0.1, 0.15) is 5.01 Å². The van der Waals surface area contributed by atoms with Crippen molar-refractivity contribution in [2.45, 2.75) is 32.7 Å². The summed E-state index contributed by atoms with van der Waals surface area (Å²) < 4.78 is 1.43. The van der Waals surface area contributed by atoms with Crippen LogP contribution in [0.4, 0.5) is 0 Å². The van der Waals surface area contributed by atoms with Crippen molar-refractivity contribution in [2.24, 2.45) is 5.41 Å². The Kier molecular flexibility index (Phi) is 2.16. The van der Waals surface area contributed by atoms with Crippen molar-refractivity contribution < 1.29 is 0 Å². The Morgan fingerprint density at radius 1 is 1.71 bits per heavy atom. The van der Waals surface area contributed by atoms with Crippen molar-refractivity contribution in [3.05, 3.63) is 14.7 Å². The van der Waals surface area contributed by atoms with Gasteiger partial charge in [-0.05, 0) is 19.8 Å². The zero-order valence-electron chi connectivity index (χ0n) is 7.99. The summed E-state index contributed by atoms with van der Waals surface area (Å²) >= 11 is 1.14. The molecule has 2 rings (SSSR count). The predicted octanol–water partition coefficient (Wildman–Crippen LogP) is 1.31. The lowest BCUT2D eigenvalue weighted by molar-refractivity contribution is 0.172. The second kappa shape index (κ2) is 3.21. The molecule has 1 aliphatic carbocycles. The lowest BCUT2D eigenvalue weighted by atomic mass is 9.70. The lowest BCUT2D eigenvalue weighted by Gasteiger charge is -2.34. The first-order valence-electron chi connectivity index (χ1n) is 4.61. The molecule has 74 valence electrons. The van der Waals surface area contributed by atoms with E-state index in [1.807, 2.05) is 6.92 Å². The fraction of sp³-hybridized carbons (Fsp3) is 0.667. The molecule has 0 radical (unpaired) electrons. The maximum Gasteiger partial charge on any atom is 0.325 e. The van der Waals surface area contributed by atoms with Gasteiger partial charge in [-0.25, -0.2) is 4.68 Å². The minimum atomic E-state index is -0.315. The molecule has 0 unspecified atom stereocenters. The van der Waals surface area contributed by atoms with Gasteiger partial charge >= 0.3 is 4.87 Å². The molecule has 0 amide bonds. The van der Waals surface area contributed by atoms with E-state index in [0.29, 0.717) is 6.54 Å². The molecular weight excluding hydrogens is 198 g/mol. The average Bonchev–Trinajstić information content (AvgIpc) is 2.38. The minimum Gasteiger partial charge on any atom is -0.255 e. The number of rotatable bonds is 2. The van der Waals surface area contributed by atoms with Gasteiger partial charge in [-0.15, -0.1) is 0 Å². The molecule has 4 nitrogen and oxygen atoms in total. The van der Waals surface area contributed by atoms with E-state index in [0.717, 1.165) is 35.6 Å². The van der Waals surface area contributed by atoms with Gasteiger partial charge in [0.25, 0.3) is 0 Å². The van der Waals surface area contributed by atoms with Crippen LogP contribution in [0, 0.1) is 23.7 Å². The van der Waals surface area contributed by atoms with Crippen molar-refractivity contribution >= 4 is 11.3 Å². The standard InChI is InChI=1S/C9H11N3OS/c1-7-11-12(8(13)14-7)6-9(5-10)3-2-4-9/h2-4,6H2,1H3. The molecule has 0 N–H and O–H groups in total. The number of hydrogen-bond donors (Lipinski definition) is 0. The summed E-state index contributed by atoms with van der Waals surface area (Å²) in [6, 6.07) is 2.30. The Morgan fingerprint density at radius 3 is 2.79 bits per heavy atom. The van der Waals surface area contributed by atoms with Crippen molar-refractivity contribution in [2.75, 3.05) is 0 Å². The fourth-order valence-corrected chi connectivity index (χ4v) is 2.31. The van der Waals surface area contributed by atoms with Gasteiger partial charge in [0, 0.05) is 0 Å². The van der Waals surface area contributed by atoms with Crippen LogP contribution >= 0.6 is 11.3 Å². The molecule has 14 heavy (non-hydrogen) atoms. The zero-order valence-corrected chi connectivity index (χ0v) is 8.80. The van der Waals surface area contributed by atoms with E-state index in [1.54, 1.807) is 0 Å². The van der Waals surface area contributed by atoms with Gasteiger partial charge in [0.15, 0.2) is 0 Å². The summed E-state index contributed by atoms with van der Waals surface area (Å²) in [4.78, 5) is 11.3. The van der Waals surface area contributed by atoms with Crippen LogP contribution in [0.1, 0.15) is 24.3 Å². The quantitative estimate of drug-likeness (QED) is 0.737. The number of nitrogens with zero attached hydrogens (tertiary/aromatic N) is 3. The summed E-state index contributed by atoms with van der Waals surface area (Å²) in [6.45, 7) is 2.27. The Hall–Kier alpha value is -1.15. The van der Waals surface area contributed by atoms with Crippen molar-refractivity contribution in [3.63, 3.8) is 0 Å². The maximum atomic E-state index is 11.4. The summed E-state index contributed by atoms with van der Waals surface area (Å²) in [7, 11) is 0. The minimum absolute atomic E-state index is 0.0518. The van der Waals surface area contributed by atoms with Crippen LogP contribution in [0.15, 0.2) is 4.79 Å². The van der Waals surface area contributed by atoms with E-state index in [2.05, 4.69) is 11.2 Å². The third-order valence-electron chi connectivity index (χ3n) is 2.71. The summed E-state index contributed by atoms with van der Waals surface area (Å²) in [5.41, 5.74) is -0.315. The largest absolute Gasteiger partial charge is 0.325 e. The molecule has 0 bridgehead atoms. The smallest absolute Gasteiger partial charge is 0.255 e. The highest BCUT2D eigenvalue weighted by Crippen LogP contribution is 2.41. The van der Waals surface area contributed by atoms with E-state index < -0.39 is 0 Å². The third-order valence-corrected chi connectivity index (χ3v) is 3.47. The van der Waals surface area contributed by atoms with Crippen LogP contribution in [-0.2, 0) is 6.54 Å². The molecular formula is C9H11N3OS. The van der Waals surface area contributed by atoms with E-state index >= 15 is 0 Å². The predicted molar refractivity (Wildman–Crippen MR) is 53.0 cm³/mol. The highest BCUT2D eigenvalue weighted by atomic mass is 32.1. The molecule has 1 aliphatic rings. The van der Waals surface area contributed by atoms with Gasteiger partial charge in [-0.1, -0.05) is 17.8 Å². The maximum absolute atomic E-state index is 11.4. The molecule has 1 aromatic heterocycles. The Morgan fingerprint density at radius 2 is 2.43 bits per heavy atom. The van der Waals surface area contributed by atoms with Crippen LogP contribution in [0.25, 0.3) is 0 Å². The molecule has 0 saturated heterocycles. The highest BCUT2D eigenvalue weighted by Gasteiger charge is 2.38. The number of aryl methyl sites for hydroxylation is 1. The first kappa shape index (κ1) is 9.41. The van der Waals surface area contributed by atoms with Crippen molar-refractivity contribution in [1.82, 2.24) is 9.78 Å². The summed E-state index contributed by atoms with van der Waals surface area (Å²) in [5.74, 6) is 0. The van der Waals surface area contributed by atoms with E-state index in [9.17, 15) is 4.79 Å². The molecule has 0 aliphatic heterocycles. The molecule has 0 aromatic carbocycles. The van der Waals surface area contributed by atoms with Gasteiger partial charge in [-0.2, -0.15) is 10.4 Å². The topological polar surface area (TPSA) is 58.7 Å². The van der Waals surface area contributed by atoms with Gasteiger partial charge in [0.2, 0.25) is 0 Å². The van der Waals surface area contributed by atoms with Crippen LogP contribution in [0.3, 0.4) is 0 Å². The monoisotopic (exact) mass is 209 g/mol. The van der Waals surface area contributed by atoms with Crippen LogP contribution in [-0.4, -0.2) is 9.78 Å². The van der Waals surface area contributed by atoms with Crippen LogP contribution in [0.2, 0.25) is 0 Å². The van der Waals surface area contributed by atoms with E-state index in [4.69, 9.17) is 5.26 Å². The molecule has 1 aromatic rings. The lowest BCUT2D eigenvalue weighted by Crippen LogP contribution is -2.35. The number of hydrogen-bond acceptors (Lipinski definition) is 4. The normalized spacial score (nSPS) is 18.6. The summed E-state index contributed by atoms with van der Waals surface area (Å²) in [5, 5.41) is 13.9. The molecule has 1 heterocycles. The van der Waals surface area contributed by atoms with Crippen molar-refractivity contribution in [3.8, 4) is 6.07 Å². The number of aromatic nitrogens is 2. The average molecular weight is 209 g/mol. The first-order valence-corrected chi connectivity index (χ1v) is 5.43. The Labute approximate surface area is 85.8 Å². The van der Waals surface area contributed by atoms with Crippen molar-refractivity contribution in [1.29, 1.82) is 5.26 Å². The number of nitriles is 1. The molecule has 1 saturated carbocycles. The third kappa shape index (κ3) is 1.46. The molecule has 1 fully saturated rings. The molecule has 0 atom stereocenters. The second-order valence-electron chi connectivity index (χ2n) is 3.79. The van der Waals surface area contributed by atoms with E-state index in [1.165, 1.54) is 4.68 Å². The molecule has 5 heteroatoms.